The first-order valence-electron chi connectivity index (χ1n) is 11.0. The lowest BCUT2D eigenvalue weighted by Gasteiger charge is -2.26. The number of pyridine rings is 1. The molecule has 6 nitrogen and oxygen atoms in total. The molecule has 0 radical (unpaired) electrons. The summed E-state index contributed by atoms with van der Waals surface area (Å²) in [5.41, 5.74) is 4.62. The highest BCUT2D eigenvalue weighted by Gasteiger charge is 2.23. The quantitative estimate of drug-likeness (QED) is 0.368. The van der Waals surface area contributed by atoms with E-state index in [4.69, 9.17) is 0 Å². The van der Waals surface area contributed by atoms with Crippen molar-refractivity contribution in [1.29, 1.82) is 0 Å². The van der Waals surface area contributed by atoms with Gasteiger partial charge >= 0.3 is 0 Å². The number of aromatic hydroxyl groups is 1. The zero-order valence-corrected chi connectivity index (χ0v) is 18.5. The number of fused-ring (bicyclic) bond motifs is 2. The third kappa shape index (κ3) is 3.65. The van der Waals surface area contributed by atoms with Crippen molar-refractivity contribution < 1.29 is 9.90 Å². The molecule has 4 aromatic carbocycles. The molecule has 0 saturated carbocycles. The van der Waals surface area contributed by atoms with Gasteiger partial charge in [0, 0.05) is 19.3 Å². The molecule has 5 rings (SSSR count). The average molecular weight is 450 g/mol. The van der Waals surface area contributed by atoms with Crippen LogP contribution in [0.3, 0.4) is 0 Å². The zero-order chi connectivity index (χ0) is 23.7. The third-order valence-corrected chi connectivity index (χ3v) is 6.05. The van der Waals surface area contributed by atoms with Gasteiger partial charge in [0.2, 0.25) is 5.43 Å². The van der Waals surface area contributed by atoms with E-state index >= 15 is 0 Å². The van der Waals surface area contributed by atoms with Crippen LogP contribution in [0.1, 0.15) is 27.7 Å². The van der Waals surface area contributed by atoms with Gasteiger partial charge in [-0.25, -0.2) is 0 Å². The predicted octanol–water partition coefficient (Wildman–Crippen LogP) is 4.55. The smallest absolute Gasteiger partial charge is 0.273 e. The first kappa shape index (κ1) is 21.3. The summed E-state index contributed by atoms with van der Waals surface area (Å²) in [4.78, 5) is 24.7. The van der Waals surface area contributed by atoms with E-state index in [1.165, 1.54) is 24.0 Å². The molecular weight excluding hydrogens is 426 g/mol. The summed E-state index contributed by atoms with van der Waals surface area (Å²) >= 11 is 0. The standard InChI is InChI=1S/C28H23N3O3/c1-29-28(34)26-27(33)24(32)16-17-31(26)30-25(22-14-6-10-18-8-2-4-12-20(18)22)23-15-7-11-19-9-3-5-13-21(19)23/h2-17,25,30,33H,1H3,(H,29,34). The molecule has 0 aliphatic heterocycles. The zero-order valence-electron chi connectivity index (χ0n) is 18.5. The topological polar surface area (TPSA) is 83.4 Å². The number of hydrogen-bond acceptors (Lipinski definition) is 4. The van der Waals surface area contributed by atoms with Crippen LogP contribution >= 0.6 is 0 Å². The van der Waals surface area contributed by atoms with Gasteiger partial charge in [-0.2, -0.15) is 0 Å². The molecule has 1 amide bonds. The molecule has 3 N–H and O–H groups in total. The first-order chi connectivity index (χ1) is 16.6. The van der Waals surface area contributed by atoms with Gasteiger partial charge in [0.15, 0.2) is 11.4 Å². The number of rotatable bonds is 5. The van der Waals surface area contributed by atoms with E-state index in [2.05, 4.69) is 47.1 Å². The Morgan fingerprint density at radius 1 is 0.794 bits per heavy atom. The summed E-state index contributed by atoms with van der Waals surface area (Å²) in [5.74, 6) is -1.18. The fourth-order valence-electron chi connectivity index (χ4n) is 4.42. The van der Waals surface area contributed by atoms with Crippen molar-refractivity contribution in [2.45, 2.75) is 6.04 Å². The van der Waals surface area contributed by atoms with Gasteiger partial charge in [0.25, 0.3) is 5.91 Å². The van der Waals surface area contributed by atoms with Crippen molar-refractivity contribution in [1.82, 2.24) is 9.99 Å². The number of carbonyl (C=O) groups is 1. The number of aromatic nitrogens is 1. The van der Waals surface area contributed by atoms with Crippen molar-refractivity contribution in [2.24, 2.45) is 0 Å². The molecule has 0 aliphatic carbocycles. The molecule has 1 aromatic heterocycles. The Bertz CT molecular complexity index is 1500. The maximum atomic E-state index is 12.6. The summed E-state index contributed by atoms with van der Waals surface area (Å²) in [6.45, 7) is 0. The van der Waals surface area contributed by atoms with Crippen molar-refractivity contribution in [3.05, 3.63) is 124 Å². The average Bonchev–Trinajstić information content (AvgIpc) is 2.88. The Labute approximate surface area is 196 Å². The van der Waals surface area contributed by atoms with Crippen molar-refractivity contribution in [3.63, 3.8) is 0 Å². The number of hydrogen-bond donors (Lipinski definition) is 3. The fraction of sp³-hybridized carbons (Fsp3) is 0.0714. The minimum absolute atomic E-state index is 0.152. The van der Waals surface area contributed by atoms with Gasteiger partial charge in [-0.1, -0.05) is 84.9 Å². The van der Waals surface area contributed by atoms with E-state index in [0.29, 0.717) is 0 Å². The molecule has 0 bridgehead atoms. The minimum atomic E-state index is -0.622. The van der Waals surface area contributed by atoms with Crippen LogP contribution in [0.5, 0.6) is 5.75 Å². The third-order valence-electron chi connectivity index (χ3n) is 6.05. The van der Waals surface area contributed by atoms with Crippen molar-refractivity contribution in [3.8, 4) is 5.75 Å². The lowest BCUT2D eigenvalue weighted by atomic mass is 9.91. The van der Waals surface area contributed by atoms with Gasteiger partial charge in [-0.3, -0.25) is 14.3 Å². The minimum Gasteiger partial charge on any atom is -0.502 e. The molecule has 0 fully saturated rings. The second kappa shape index (κ2) is 8.75. The van der Waals surface area contributed by atoms with E-state index in [-0.39, 0.29) is 5.69 Å². The highest BCUT2D eigenvalue weighted by molar-refractivity contribution is 5.95. The van der Waals surface area contributed by atoms with Gasteiger partial charge in [-0.05, 0) is 32.7 Å². The van der Waals surface area contributed by atoms with Gasteiger partial charge in [0.05, 0.1) is 6.04 Å². The summed E-state index contributed by atoms with van der Waals surface area (Å²) in [5, 5.41) is 17.2. The molecule has 34 heavy (non-hydrogen) atoms. The molecule has 0 spiro atoms. The van der Waals surface area contributed by atoms with Crippen LogP contribution in [0.25, 0.3) is 21.5 Å². The monoisotopic (exact) mass is 449 g/mol. The number of nitrogens with one attached hydrogen (secondary N) is 2. The Kier molecular flexibility index (Phi) is 5.47. The summed E-state index contributed by atoms with van der Waals surface area (Å²) in [6.07, 6.45) is 1.47. The van der Waals surface area contributed by atoms with Gasteiger partial charge in [0.1, 0.15) is 0 Å². The highest BCUT2D eigenvalue weighted by Crippen LogP contribution is 2.34. The van der Waals surface area contributed by atoms with Crippen LogP contribution in [-0.4, -0.2) is 22.7 Å². The summed E-state index contributed by atoms with van der Waals surface area (Å²) < 4.78 is 1.42. The summed E-state index contributed by atoms with van der Waals surface area (Å²) in [6, 6.07) is 29.3. The Morgan fingerprint density at radius 2 is 1.32 bits per heavy atom. The van der Waals surface area contributed by atoms with Crippen LogP contribution < -0.4 is 16.2 Å². The molecule has 5 aromatic rings. The molecule has 0 atom stereocenters. The predicted molar refractivity (Wildman–Crippen MR) is 135 cm³/mol. The van der Waals surface area contributed by atoms with E-state index in [1.54, 1.807) is 0 Å². The van der Waals surface area contributed by atoms with Gasteiger partial charge in [-0.15, -0.1) is 0 Å². The van der Waals surface area contributed by atoms with Crippen LogP contribution in [0.2, 0.25) is 0 Å². The molecule has 0 aliphatic rings. The molecule has 168 valence electrons. The molecule has 0 unspecified atom stereocenters. The van der Waals surface area contributed by atoms with Crippen LogP contribution in [0.4, 0.5) is 0 Å². The van der Waals surface area contributed by atoms with E-state index in [1.807, 2.05) is 48.5 Å². The first-order valence-corrected chi connectivity index (χ1v) is 11.0. The van der Waals surface area contributed by atoms with Crippen LogP contribution in [0, 0.1) is 0 Å². The molecule has 1 heterocycles. The van der Waals surface area contributed by atoms with E-state index in [9.17, 15) is 14.7 Å². The maximum absolute atomic E-state index is 12.6. The Morgan fingerprint density at radius 3 is 1.88 bits per heavy atom. The van der Waals surface area contributed by atoms with Crippen molar-refractivity contribution in [2.75, 3.05) is 12.5 Å². The normalized spacial score (nSPS) is 11.1. The largest absolute Gasteiger partial charge is 0.502 e. The lowest BCUT2D eigenvalue weighted by Crippen LogP contribution is -2.32. The Hall–Kier alpha value is -4.58. The second-order valence-electron chi connectivity index (χ2n) is 8.03. The van der Waals surface area contributed by atoms with Crippen LogP contribution in [0.15, 0.2) is 102 Å². The molecule has 0 saturated heterocycles. The van der Waals surface area contributed by atoms with Crippen LogP contribution in [-0.2, 0) is 0 Å². The number of amides is 1. The SMILES string of the molecule is CNC(=O)c1c(O)c(=O)ccn1NC(c1cccc2ccccc12)c1cccc2ccccc12. The molecule has 6 heteroatoms. The summed E-state index contributed by atoms with van der Waals surface area (Å²) in [7, 11) is 1.45. The fourth-order valence-corrected chi connectivity index (χ4v) is 4.42. The highest BCUT2D eigenvalue weighted by atomic mass is 16.3. The maximum Gasteiger partial charge on any atom is 0.273 e. The van der Waals surface area contributed by atoms with E-state index in [0.717, 1.165) is 32.7 Å². The second-order valence-corrected chi connectivity index (χ2v) is 8.03. The van der Waals surface area contributed by atoms with Gasteiger partial charge < -0.3 is 15.8 Å². The number of nitrogens with zero attached hydrogens (tertiary/aromatic N) is 1. The number of benzene rings is 4. The Balaban J connectivity index is 1.78. The van der Waals surface area contributed by atoms with Crippen molar-refractivity contribution >= 4 is 27.5 Å². The molecular formula is C28H23N3O3. The number of carbonyl (C=O) groups excluding carboxylic acids is 1. The lowest BCUT2D eigenvalue weighted by molar-refractivity contribution is 0.0951. The van der Waals surface area contributed by atoms with E-state index < -0.39 is 23.1 Å².